The summed E-state index contributed by atoms with van der Waals surface area (Å²) in [5.41, 5.74) is 1.31. The van der Waals surface area contributed by atoms with Crippen molar-refractivity contribution in [3.05, 3.63) is 55.5 Å². The monoisotopic (exact) mass is 514 g/mol. The molecular formula is C17H12BrIN2O4. The third-order valence-corrected chi connectivity index (χ3v) is 5.79. The summed E-state index contributed by atoms with van der Waals surface area (Å²) >= 11 is 5.28. The molecule has 0 saturated carbocycles. The molecule has 1 aliphatic heterocycles. The predicted molar refractivity (Wildman–Crippen MR) is 104 cm³/mol. The zero-order valence-corrected chi connectivity index (χ0v) is 16.8. The van der Waals surface area contributed by atoms with Gasteiger partial charge in [0.05, 0.1) is 10.2 Å². The molecule has 6 nitrogen and oxygen atoms in total. The van der Waals surface area contributed by atoms with Crippen molar-refractivity contribution in [2.45, 2.75) is 13.3 Å². The summed E-state index contributed by atoms with van der Waals surface area (Å²) in [7, 11) is 0. The number of rotatable bonds is 3. The summed E-state index contributed by atoms with van der Waals surface area (Å²) in [5.74, 6) is -1.11. The van der Waals surface area contributed by atoms with Crippen molar-refractivity contribution in [3.63, 3.8) is 0 Å². The third-order valence-electron chi connectivity index (χ3n) is 3.66. The van der Waals surface area contributed by atoms with E-state index in [1.54, 1.807) is 18.2 Å². The topological polar surface area (TPSA) is 79.6 Å². The average molecular weight is 515 g/mol. The van der Waals surface area contributed by atoms with Crippen LogP contribution in [0.1, 0.15) is 18.2 Å². The lowest BCUT2D eigenvalue weighted by Gasteiger charge is -2.26. The van der Waals surface area contributed by atoms with Crippen LogP contribution in [0.3, 0.4) is 0 Å². The molecule has 3 rings (SSSR count). The van der Waals surface area contributed by atoms with Crippen LogP contribution in [0, 0.1) is 3.77 Å². The second kappa shape index (κ2) is 7.12. The van der Waals surface area contributed by atoms with Gasteiger partial charge in [0.1, 0.15) is 11.3 Å². The fourth-order valence-corrected chi connectivity index (χ4v) is 3.07. The van der Waals surface area contributed by atoms with Gasteiger partial charge in [-0.3, -0.25) is 14.9 Å². The minimum Gasteiger partial charge on any atom is -0.450 e. The molecule has 1 fully saturated rings. The number of hydrogen-bond acceptors (Lipinski definition) is 4. The zero-order chi connectivity index (χ0) is 18.1. The Labute approximate surface area is 165 Å². The largest absolute Gasteiger partial charge is 0.450 e. The van der Waals surface area contributed by atoms with E-state index in [9.17, 15) is 14.4 Å². The van der Waals surface area contributed by atoms with Gasteiger partial charge in [-0.15, -0.1) is 0 Å². The van der Waals surface area contributed by atoms with Crippen LogP contribution in [0.2, 0.25) is 0 Å². The van der Waals surface area contributed by atoms with E-state index >= 15 is 0 Å². The molecule has 1 aliphatic rings. The van der Waals surface area contributed by atoms with Crippen molar-refractivity contribution in [1.82, 2.24) is 5.32 Å². The molecule has 1 N–H and O–H groups in total. The normalized spacial score (nSPS) is 16.5. The Morgan fingerprint density at radius 1 is 1.24 bits per heavy atom. The molecule has 0 unspecified atom stereocenters. The molecule has 0 aliphatic carbocycles. The van der Waals surface area contributed by atoms with E-state index in [1.165, 1.54) is 6.08 Å². The van der Waals surface area contributed by atoms with Gasteiger partial charge < -0.3 is 4.42 Å². The molecule has 0 atom stereocenters. The van der Waals surface area contributed by atoms with E-state index < -0.39 is 17.8 Å². The molecule has 2 aromatic rings. The quantitative estimate of drug-likeness (QED) is 0.383. The van der Waals surface area contributed by atoms with Crippen LogP contribution < -0.4 is 10.2 Å². The summed E-state index contributed by atoms with van der Waals surface area (Å²) in [4.78, 5) is 37.9. The molecule has 25 heavy (non-hydrogen) atoms. The van der Waals surface area contributed by atoms with Gasteiger partial charge in [0.2, 0.25) is 0 Å². The maximum absolute atomic E-state index is 12.7. The summed E-state index contributed by atoms with van der Waals surface area (Å²) in [6.07, 6.45) is 2.17. The number of urea groups is 1. The molecule has 0 bridgehead atoms. The fourth-order valence-electron chi connectivity index (χ4n) is 2.35. The van der Waals surface area contributed by atoms with E-state index in [4.69, 9.17) is 4.42 Å². The number of hydrogen-bond donors (Lipinski definition) is 1. The predicted octanol–water partition coefficient (Wildman–Crippen LogP) is 3.88. The first-order chi connectivity index (χ1) is 11.9. The second-order valence-electron chi connectivity index (χ2n) is 5.25. The number of carbonyl (C=O) groups excluding carboxylic acids is 3. The molecule has 1 aromatic heterocycles. The van der Waals surface area contributed by atoms with Crippen molar-refractivity contribution < 1.29 is 18.8 Å². The fraction of sp³-hybridized carbons (Fsp3) is 0.118. The molecule has 1 saturated heterocycles. The minimum absolute atomic E-state index is 0.170. The average Bonchev–Trinajstić information content (AvgIpc) is 2.90. The highest BCUT2D eigenvalue weighted by Gasteiger charge is 2.37. The van der Waals surface area contributed by atoms with Crippen LogP contribution in [-0.4, -0.2) is 17.8 Å². The van der Waals surface area contributed by atoms with Gasteiger partial charge in [-0.25, -0.2) is 9.69 Å². The first-order valence-corrected chi connectivity index (χ1v) is 9.23. The first-order valence-electron chi connectivity index (χ1n) is 7.36. The minimum atomic E-state index is -0.772. The Kier molecular flexibility index (Phi) is 5.09. The van der Waals surface area contributed by atoms with E-state index in [2.05, 4.69) is 21.2 Å². The molecule has 128 valence electrons. The number of halogens is 2. The Morgan fingerprint density at radius 2 is 1.92 bits per heavy atom. The number of benzene rings is 1. The van der Waals surface area contributed by atoms with Crippen molar-refractivity contribution in [2.24, 2.45) is 0 Å². The highest BCUT2D eigenvalue weighted by Crippen LogP contribution is 2.27. The summed E-state index contributed by atoms with van der Waals surface area (Å²) in [6.45, 7) is 2.01. The molecular weight excluding hydrogens is 503 g/mol. The zero-order valence-electron chi connectivity index (χ0n) is 13.0. The number of imide groups is 2. The van der Waals surface area contributed by atoms with Crippen LogP contribution in [0.4, 0.5) is 10.5 Å². The third kappa shape index (κ3) is 3.54. The number of furan rings is 1. The lowest BCUT2D eigenvalue weighted by atomic mass is 10.1. The van der Waals surface area contributed by atoms with Crippen molar-refractivity contribution >= 4 is 68.1 Å². The van der Waals surface area contributed by atoms with E-state index in [-0.39, 0.29) is 5.57 Å². The number of nitrogens with zero attached hydrogens (tertiary/aromatic N) is 1. The lowest BCUT2D eigenvalue weighted by molar-refractivity contribution is -0.122. The smallest absolute Gasteiger partial charge is 0.335 e. The van der Waals surface area contributed by atoms with Crippen LogP contribution >= 0.6 is 38.5 Å². The number of nitrogens with one attached hydrogen (secondary N) is 1. The van der Waals surface area contributed by atoms with E-state index in [0.29, 0.717) is 19.7 Å². The Balaban J connectivity index is 1.98. The van der Waals surface area contributed by atoms with Crippen molar-refractivity contribution in [3.8, 4) is 0 Å². The highest BCUT2D eigenvalue weighted by atomic mass is 127. The van der Waals surface area contributed by atoms with Gasteiger partial charge in [-0.1, -0.05) is 19.1 Å². The summed E-state index contributed by atoms with van der Waals surface area (Å²) in [6, 6.07) is 7.90. The van der Waals surface area contributed by atoms with Gasteiger partial charge in [-0.2, -0.15) is 0 Å². The lowest BCUT2D eigenvalue weighted by Crippen LogP contribution is -2.54. The standard InChI is InChI=1S/C17H12BrIN2O4/c1-2-9-3-5-10(6-4-9)21-16(23)12(15(22)20-17(21)24)7-11-8-13(18)14(19)25-11/h3-8H,2H2,1H3,(H,20,22,24)/b12-7+. The Bertz CT molecular complexity index is 882. The van der Waals surface area contributed by atoms with Gasteiger partial charge >= 0.3 is 6.03 Å². The molecule has 0 radical (unpaired) electrons. The summed E-state index contributed by atoms with van der Waals surface area (Å²) < 4.78 is 6.75. The second-order valence-corrected chi connectivity index (χ2v) is 7.08. The van der Waals surface area contributed by atoms with Gasteiger partial charge in [-0.05, 0) is 52.2 Å². The number of anilines is 1. The van der Waals surface area contributed by atoms with Crippen LogP contribution in [0.5, 0.6) is 0 Å². The number of carbonyl (C=O) groups is 3. The van der Waals surface area contributed by atoms with Crippen molar-refractivity contribution in [1.29, 1.82) is 0 Å². The van der Waals surface area contributed by atoms with E-state index in [1.807, 2.05) is 41.6 Å². The summed E-state index contributed by atoms with van der Waals surface area (Å²) in [5, 5.41) is 2.18. The van der Waals surface area contributed by atoms with Gasteiger partial charge in [0.15, 0.2) is 3.77 Å². The number of amides is 4. The van der Waals surface area contributed by atoms with Crippen molar-refractivity contribution in [2.75, 3.05) is 4.90 Å². The molecule has 4 amide bonds. The highest BCUT2D eigenvalue weighted by molar-refractivity contribution is 14.1. The first kappa shape index (κ1) is 17.9. The van der Waals surface area contributed by atoms with Crippen LogP contribution in [0.25, 0.3) is 6.08 Å². The van der Waals surface area contributed by atoms with Crippen LogP contribution in [0.15, 0.2) is 44.8 Å². The van der Waals surface area contributed by atoms with Crippen LogP contribution in [-0.2, 0) is 16.0 Å². The van der Waals surface area contributed by atoms with E-state index in [0.717, 1.165) is 16.9 Å². The molecule has 1 aromatic carbocycles. The van der Waals surface area contributed by atoms with Gasteiger partial charge in [0, 0.05) is 22.6 Å². The number of barbiturate groups is 1. The Hall–Kier alpha value is -1.94. The molecule has 8 heteroatoms. The number of aryl methyl sites for hydroxylation is 1. The maximum Gasteiger partial charge on any atom is 0.335 e. The Morgan fingerprint density at radius 3 is 2.48 bits per heavy atom. The maximum atomic E-state index is 12.7. The molecule has 2 heterocycles. The SMILES string of the molecule is CCc1ccc(N2C(=O)NC(=O)/C(=C\c3cc(Br)c(I)o3)C2=O)cc1. The molecule has 0 spiro atoms. The van der Waals surface area contributed by atoms with Gasteiger partial charge in [0.25, 0.3) is 11.8 Å².